The number of anilines is 1. The molecule has 1 fully saturated rings. The van der Waals surface area contributed by atoms with E-state index in [-0.39, 0.29) is 37.7 Å². The van der Waals surface area contributed by atoms with E-state index < -0.39 is 23.9 Å². The van der Waals surface area contributed by atoms with E-state index in [1.807, 2.05) is 6.07 Å². The first kappa shape index (κ1) is 25.8. The first-order valence-corrected chi connectivity index (χ1v) is 13.7. The second-order valence-electron chi connectivity index (χ2n) is 10.8. The van der Waals surface area contributed by atoms with Gasteiger partial charge in [0.05, 0.1) is 35.0 Å². The van der Waals surface area contributed by atoms with Crippen molar-refractivity contribution in [3.63, 3.8) is 0 Å². The van der Waals surface area contributed by atoms with Gasteiger partial charge >= 0.3 is 0 Å². The topological polar surface area (TPSA) is 92.6 Å². The Hall–Kier alpha value is -3.50. The van der Waals surface area contributed by atoms with Gasteiger partial charge in [0, 0.05) is 50.3 Å². The molecule has 0 spiro atoms. The van der Waals surface area contributed by atoms with E-state index in [1.165, 1.54) is 11.0 Å². The van der Waals surface area contributed by atoms with Crippen molar-refractivity contribution in [2.45, 2.75) is 44.4 Å². The van der Waals surface area contributed by atoms with Crippen LogP contribution in [0.25, 0.3) is 33.5 Å². The quantitative estimate of drug-likeness (QED) is 0.389. The van der Waals surface area contributed by atoms with E-state index >= 15 is 4.39 Å². The minimum absolute atomic E-state index is 0.0458. The summed E-state index contributed by atoms with van der Waals surface area (Å²) in [6.45, 7) is 4.06. The predicted molar refractivity (Wildman–Crippen MR) is 148 cm³/mol. The summed E-state index contributed by atoms with van der Waals surface area (Å²) in [6, 6.07) is 10.8. The van der Waals surface area contributed by atoms with Gasteiger partial charge in [-0.2, -0.15) is 0 Å². The lowest BCUT2D eigenvalue weighted by Crippen LogP contribution is -2.50. The molecule has 2 aliphatic rings. The maximum absolute atomic E-state index is 15.5. The summed E-state index contributed by atoms with van der Waals surface area (Å²) in [6.07, 6.45) is 0.615. The molecule has 206 valence electrons. The number of alkyl halides is 1. The number of aromatic nitrogens is 3. The van der Waals surface area contributed by atoms with Gasteiger partial charge in [-0.25, -0.2) is 13.8 Å². The molecule has 1 saturated heterocycles. The molecule has 2 aromatic carbocycles. The molecule has 1 amide bonds. The van der Waals surface area contributed by atoms with Crippen LogP contribution in [0.4, 0.5) is 14.5 Å². The van der Waals surface area contributed by atoms with E-state index in [4.69, 9.17) is 10.7 Å². The van der Waals surface area contributed by atoms with Crippen molar-refractivity contribution in [3.8, 4) is 11.5 Å². The Morgan fingerprint density at radius 3 is 2.74 bits per heavy atom. The molecule has 4 aromatic rings. The summed E-state index contributed by atoms with van der Waals surface area (Å²) >= 11 is 0. The average molecular weight is 537 g/mol. The minimum Gasteiger partial charge on any atom is -0.396 e. The molecule has 3 atom stereocenters. The van der Waals surface area contributed by atoms with E-state index in [1.54, 1.807) is 17.7 Å². The van der Waals surface area contributed by atoms with Crippen molar-refractivity contribution >= 4 is 33.5 Å². The summed E-state index contributed by atoms with van der Waals surface area (Å²) in [7, 11) is 1.79. The monoisotopic (exact) mass is 536 g/mol. The summed E-state index contributed by atoms with van der Waals surface area (Å²) < 4.78 is 33.7. The second-order valence-corrected chi connectivity index (χ2v) is 10.8. The van der Waals surface area contributed by atoms with Gasteiger partial charge in [0.15, 0.2) is 5.82 Å². The molecule has 0 bridgehead atoms. The van der Waals surface area contributed by atoms with Gasteiger partial charge in [-0.1, -0.05) is 19.1 Å². The number of nitrogens with two attached hydrogens (primary N) is 1. The highest BCUT2D eigenvalue weighted by molar-refractivity contribution is 5.99. The number of para-hydroxylation sites is 1. The molecular formula is C29H34F2N6O2. The smallest absolute Gasteiger partial charge is 0.254 e. The number of hydrogen-bond acceptors (Lipinski definition) is 5. The number of nitrogens with zero attached hydrogens (tertiary/aromatic N) is 5. The Morgan fingerprint density at radius 1 is 1.18 bits per heavy atom. The third kappa shape index (κ3) is 4.26. The van der Waals surface area contributed by atoms with Crippen molar-refractivity contribution in [3.05, 3.63) is 47.8 Å². The van der Waals surface area contributed by atoms with Gasteiger partial charge < -0.3 is 29.8 Å². The van der Waals surface area contributed by atoms with E-state index in [2.05, 4.69) is 34.6 Å². The van der Waals surface area contributed by atoms with Gasteiger partial charge in [-0.05, 0) is 43.5 Å². The van der Waals surface area contributed by atoms with Gasteiger partial charge in [0.25, 0.3) is 5.91 Å². The van der Waals surface area contributed by atoms with Crippen LogP contribution < -0.4 is 10.6 Å². The molecular weight excluding hydrogens is 502 g/mol. The van der Waals surface area contributed by atoms with Crippen LogP contribution in [0.3, 0.4) is 0 Å². The van der Waals surface area contributed by atoms with Gasteiger partial charge in [0.2, 0.25) is 0 Å². The summed E-state index contributed by atoms with van der Waals surface area (Å²) in [5, 5.41) is 10.5. The van der Waals surface area contributed by atoms with Crippen LogP contribution in [-0.4, -0.2) is 75.0 Å². The lowest BCUT2D eigenvalue weighted by Gasteiger charge is -2.36. The van der Waals surface area contributed by atoms with Crippen molar-refractivity contribution < 1.29 is 18.7 Å². The largest absolute Gasteiger partial charge is 0.396 e. The zero-order valence-corrected chi connectivity index (χ0v) is 22.3. The predicted octanol–water partition coefficient (Wildman–Crippen LogP) is 4.00. The van der Waals surface area contributed by atoms with Gasteiger partial charge in [-0.15, -0.1) is 0 Å². The number of amides is 1. The van der Waals surface area contributed by atoms with E-state index in [0.29, 0.717) is 23.3 Å². The Bertz CT molecular complexity index is 1550. The van der Waals surface area contributed by atoms with Crippen LogP contribution in [0, 0.1) is 5.82 Å². The van der Waals surface area contributed by atoms with Crippen molar-refractivity contribution in [1.82, 2.24) is 19.0 Å². The number of likely N-dealkylation sites (tertiary alicyclic amines) is 1. The normalized spacial score (nSPS) is 21.3. The number of rotatable bonds is 6. The third-order valence-electron chi connectivity index (χ3n) is 8.15. The van der Waals surface area contributed by atoms with Crippen molar-refractivity contribution in [1.29, 1.82) is 0 Å². The van der Waals surface area contributed by atoms with Crippen LogP contribution in [-0.2, 0) is 7.05 Å². The number of piperidine rings is 1. The van der Waals surface area contributed by atoms with Crippen LogP contribution >= 0.6 is 0 Å². The molecule has 2 aliphatic heterocycles. The number of aliphatic hydroxyl groups is 1. The fourth-order valence-corrected chi connectivity index (χ4v) is 6.36. The first-order chi connectivity index (χ1) is 18.8. The molecule has 0 aliphatic carbocycles. The Labute approximate surface area is 225 Å². The minimum atomic E-state index is -1.19. The molecule has 1 unspecified atom stereocenters. The number of carbonyl (C=O) groups is 1. The Morgan fingerprint density at radius 2 is 2.00 bits per heavy atom. The number of aliphatic hydroxyl groups excluding tert-OH is 1. The number of carbonyl (C=O) groups excluding carboxylic acids is 1. The molecule has 10 heteroatoms. The summed E-state index contributed by atoms with van der Waals surface area (Å²) in [4.78, 5) is 21.7. The van der Waals surface area contributed by atoms with Crippen LogP contribution in [0.15, 0.2) is 36.4 Å². The second kappa shape index (κ2) is 9.91. The molecule has 0 radical (unpaired) electrons. The average Bonchev–Trinajstić information content (AvgIpc) is 3.46. The maximum atomic E-state index is 15.5. The fraction of sp³-hybridized carbons (Fsp3) is 0.448. The SMILES string of the molecule is CCC1CN(CCCO)c2cccc3cc(-c4nc5cc(C(=O)N6C[C@H](N)C[C@@H](F)C6)cc(F)c5n4C)n1c23. The Balaban J connectivity index is 1.46. The number of aryl methyl sites for hydroxylation is 1. The number of imidazole rings is 1. The van der Waals surface area contributed by atoms with E-state index in [9.17, 15) is 14.3 Å². The first-order valence-electron chi connectivity index (χ1n) is 13.7. The number of benzene rings is 2. The zero-order chi connectivity index (χ0) is 27.4. The lowest BCUT2D eigenvalue weighted by atomic mass is 10.0. The molecule has 3 N–H and O–H groups in total. The highest BCUT2D eigenvalue weighted by Crippen LogP contribution is 2.42. The van der Waals surface area contributed by atoms with Gasteiger partial charge in [0.1, 0.15) is 17.5 Å². The Kier molecular flexibility index (Phi) is 6.55. The molecule has 0 saturated carbocycles. The molecule has 8 nitrogen and oxygen atoms in total. The third-order valence-corrected chi connectivity index (χ3v) is 8.15. The van der Waals surface area contributed by atoms with Crippen molar-refractivity contribution in [2.75, 3.05) is 37.7 Å². The summed E-state index contributed by atoms with van der Waals surface area (Å²) in [5.41, 5.74) is 9.86. The molecule has 39 heavy (non-hydrogen) atoms. The number of hydrogen-bond donors (Lipinski definition) is 2. The van der Waals surface area contributed by atoms with Crippen LogP contribution in [0.1, 0.15) is 42.6 Å². The maximum Gasteiger partial charge on any atom is 0.254 e. The molecule has 6 rings (SSSR count). The summed E-state index contributed by atoms with van der Waals surface area (Å²) in [5.74, 6) is -0.377. The highest BCUT2D eigenvalue weighted by Gasteiger charge is 2.32. The molecule has 2 aromatic heterocycles. The van der Waals surface area contributed by atoms with E-state index in [0.717, 1.165) is 41.8 Å². The number of fused-ring (bicyclic) bond motifs is 1. The molecule has 4 heterocycles. The van der Waals surface area contributed by atoms with Crippen LogP contribution in [0.2, 0.25) is 0 Å². The standard InChI is InChI=1S/C29H34F2N6O2/c1-3-21-16-35(8-5-9-38)24-7-4-6-17-12-25(37(21)26(17)24)28-33-23-11-18(10-22(31)27(23)34(28)2)29(39)36-14-19(30)13-20(32)15-36/h4,6-7,10-12,19-21,38H,3,5,8-9,13-16,32H2,1-2H3/t19-,20-,21?/m1/s1. The fourth-order valence-electron chi connectivity index (χ4n) is 6.36. The number of halogens is 2. The highest BCUT2D eigenvalue weighted by atomic mass is 19.1. The van der Waals surface area contributed by atoms with Gasteiger partial charge in [-0.3, -0.25) is 4.79 Å². The zero-order valence-electron chi connectivity index (χ0n) is 22.3. The van der Waals surface area contributed by atoms with Crippen LogP contribution in [0.5, 0.6) is 0 Å². The van der Waals surface area contributed by atoms with Crippen molar-refractivity contribution in [2.24, 2.45) is 12.8 Å². The lowest BCUT2D eigenvalue weighted by molar-refractivity contribution is 0.0606.